The summed E-state index contributed by atoms with van der Waals surface area (Å²) in [6.07, 6.45) is 5.04. The summed E-state index contributed by atoms with van der Waals surface area (Å²) >= 11 is 0. The lowest BCUT2D eigenvalue weighted by Gasteiger charge is -2.28. The molecule has 3 amide bonds. The van der Waals surface area contributed by atoms with E-state index >= 15 is 0 Å². The molecule has 160 valence electrons. The number of likely N-dealkylation sites (tertiary alicyclic amines) is 3. The van der Waals surface area contributed by atoms with E-state index in [0.717, 1.165) is 38.8 Å². The SMILES string of the molecule is CC(=O)[C@@H]1CCCN1C(=O)c1cccc(C(=O)N2CCC[C@H]2C(=O)N2CCCC2)c1. The van der Waals surface area contributed by atoms with Gasteiger partial charge in [-0.15, -0.1) is 0 Å². The van der Waals surface area contributed by atoms with Crippen molar-refractivity contribution in [3.05, 3.63) is 35.4 Å². The van der Waals surface area contributed by atoms with Crippen LogP contribution in [-0.4, -0.2) is 76.5 Å². The van der Waals surface area contributed by atoms with Crippen molar-refractivity contribution in [2.75, 3.05) is 26.2 Å². The van der Waals surface area contributed by atoms with Crippen LogP contribution in [0.15, 0.2) is 24.3 Å². The third-order valence-corrected chi connectivity index (χ3v) is 6.56. The molecule has 0 aromatic heterocycles. The van der Waals surface area contributed by atoms with E-state index in [1.165, 1.54) is 6.92 Å². The third kappa shape index (κ3) is 3.85. The molecule has 1 aromatic carbocycles. The van der Waals surface area contributed by atoms with Crippen molar-refractivity contribution < 1.29 is 19.2 Å². The van der Waals surface area contributed by atoms with Crippen LogP contribution in [-0.2, 0) is 9.59 Å². The van der Waals surface area contributed by atoms with Crippen LogP contribution in [0, 0.1) is 0 Å². The molecule has 3 aliphatic rings. The lowest BCUT2D eigenvalue weighted by Crippen LogP contribution is -2.47. The Morgan fingerprint density at radius 2 is 1.30 bits per heavy atom. The monoisotopic (exact) mass is 411 g/mol. The molecule has 4 rings (SSSR count). The maximum atomic E-state index is 13.2. The largest absolute Gasteiger partial charge is 0.341 e. The molecule has 2 atom stereocenters. The quantitative estimate of drug-likeness (QED) is 0.760. The van der Waals surface area contributed by atoms with E-state index in [9.17, 15) is 19.2 Å². The second-order valence-electron chi connectivity index (χ2n) is 8.54. The standard InChI is InChI=1S/C23H29N3O4/c1-16(27)19-9-5-13-25(19)21(28)17-7-4-8-18(15-17)22(29)26-14-6-10-20(26)23(30)24-11-2-3-12-24/h4,7-8,15,19-20H,2-3,5-6,9-14H2,1H3/t19-,20-/m0/s1. The van der Waals surface area contributed by atoms with Crippen LogP contribution < -0.4 is 0 Å². The molecular formula is C23H29N3O4. The number of amides is 3. The molecule has 7 heteroatoms. The average Bonchev–Trinajstić information content (AvgIpc) is 3.53. The molecule has 30 heavy (non-hydrogen) atoms. The second-order valence-corrected chi connectivity index (χ2v) is 8.54. The molecule has 3 aliphatic heterocycles. The Hall–Kier alpha value is -2.70. The predicted molar refractivity (Wildman–Crippen MR) is 111 cm³/mol. The van der Waals surface area contributed by atoms with Crippen LogP contribution in [0.4, 0.5) is 0 Å². The van der Waals surface area contributed by atoms with Crippen molar-refractivity contribution in [1.82, 2.24) is 14.7 Å². The fraction of sp³-hybridized carbons (Fsp3) is 0.565. The maximum absolute atomic E-state index is 13.2. The number of rotatable bonds is 4. The molecule has 3 saturated heterocycles. The molecule has 0 aliphatic carbocycles. The Kier molecular flexibility index (Phi) is 5.88. The summed E-state index contributed by atoms with van der Waals surface area (Å²) in [7, 11) is 0. The minimum atomic E-state index is -0.407. The third-order valence-electron chi connectivity index (χ3n) is 6.56. The second kappa shape index (κ2) is 8.58. The van der Waals surface area contributed by atoms with Crippen molar-refractivity contribution in [3.8, 4) is 0 Å². The summed E-state index contributed by atoms with van der Waals surface area (Å²) in [4.78, 5) is 56.1. The fourth-order valence-corrected chi connectivity index (χ4v) is 4.96. The number of benzene rings is 1. The van der Waals surface area contributed by atoms with Crippen LogP contribution in [0.2, 0.25) is 0 Å². The summed E-state index contributed by atoms with van der Waals surface area (Å²) in [5.41, 5.74) is 0.830. The van der Waals surface area contributed by atoms with Crippen LogP contribution in [0.25, 0.3) is 0 Å². The first kappa shape index (κ1) is 20.6. The Labute approximate surface area is 177 Å². The van der Waals surface area contributed by atoms with E-state index in [4.69, 9.17) is 0 Å². The van der Waals surface area contributed by atoms with Gasteiger partial charge in [-0.25, -0.2) is 0 Å². The highest BCUT2D eigenvalue weighted by Crippen LogP contribution is 2.25. The molecule has 0 unspecified atom stereocenters. The van der Waals surface area contributed by atoms with Gasteiger partial charge in [0.05, 0.1) is 6.04 Å². The Balaban J connectivity index is 1.51. The van der Waals surface area contributed by atoms with E-state index in [1.807, 2.05) is 4.90 Å². The van der Waals surface area contributed by atoms with Crippen LogP contribution >= 0.6 is 0 Å². The summed E-state index contributed by atoms with van der Waals surface area (Å²) in [6, 6.07) is 5.91. The molecule has 0 saturated carbocycles. The smallest absolute Gasteiger partial charge is 0.254 e. The number of carbonyl (C=O) groups excluding carboxylic acids is 4. The molecule has 0 bridgehead atoms. The van der Waals surface area contributed by atoms with Gasteiger partial charge >= 0.3 is 0 Å². The first-order valence-corrected chi connectivity index (χ1v) is 11.0. The van der Waals surface area contributed by atoms with Gasteiger partial charge in [-0.3, -0.25) is 19.2 Å². The molecule has 1 aromatic rings. The fourth-order valence-electron chi connectivity index (χ4n) is 4.96. The molecule has 0 spiro atoms. The van der Waals surface area contributed by atoms with Crippen molar-refractivity contribution in [2.45, 2.75) is 57.5 Å². The highest BCUT2D eigenvalue weighted by molar-refractivity contribution is 6.02. The van der Waals surface area contributed by atoms with Gasteiger partial charge in [0, 0.05) is 37.3 Å². The maximum Gasteiger partial charge on any atom is 0.254 e. The average molecular weight is 412 g/mol. The van der Waals surface area contributed by atoms with Crippen LogP contribution in [0.1, 0.15) is 66.2 Å². The summed E-state index contributed by atoms with van der Waals surface area (Å²) in [5, 5.41) is 0. The topological polar surface area (TPSA) is 78.0 Å². The van der Waals surface area contributed by atoms with Gasteiger partial charge in [-0.05, 0) is 63.6 Å². The summed E-state index contributed by atoms with van der Waals surface area (Å²) in [5.74, 6) is -0.377. The molecule has 3 fully saturated rings. The minimum absolute atomic E-state index is 0.00610. The first-order valence-electron chi connectivity index (χ1n) is 11.0. The van der Waals surface area contributed by atoms with Crippen LogP contribution in [0.5, 0.6) is 0 Å². The minimum Gasteiger partial charge on any atom is -0.341 e. The highest BCUT2D eigenvalue weighted by Gasteiger charge is 2.38. The Bertz CT molecular complexity index is 862. The van der Waals surface area contributed by atoms with E-state index in [1.54, 1.807) is 34.1 Å². The van der Waals surface area contributed by atoms with E-state index < -0.39 is 6.04 Å². The zero-order chi connectivity index (χ0) is 21.3. The van der Waals surface area contributed by atoms with Gasteiger partial charge in [0.2, 0.25) is 5.91 Å². The number of hydrogen-bond acceptors (Lipinski definition) is 4. The highest BCUT2D eigenvalue weighted by atomic mass is 16.2. The molecule has 3 heterocycles. The van der Waals surface area contributed by atoms with Gasteiger partial charge in [0.1, 0.15) is 6.04 Å². The van der Waals surface area contributed by atoms with Gasteiger partial charge in [-0.2, -0.15) is 0 Å². The number of ketones is 1. The van der Waals surface area contributed by atoms with Gasteiger partial charge in [0.25, 0.3) is 11.8 Å². The predicted octanol–water partition coefficient (Wildman–Crippen LogP) is 2.11. The molecular weight excluding hydrogens is 382 g/mol. The zero-order valence-electron chi connectivity index (χ0n) is 17.5. The van der Waals surface area contributed by atoms with Crippen molar-refractivity contribution >= 4 is 23.5 Å². The number of nitrogens with zero attached hydrogens (tertiary/aromatic N) is 3. The Morgan fingerprint density at radius 3 is 1.87 bits per heavy atom. The first-order chi connectivity index (χ1) is 14.5. The van der Waals surface area contributed by atoms with Crippen LogP contribution in [0.3, 0.4) is 0 Å². The van der Waals surface area contributed by atoms with Crippen molar-refractivity contribution in [2.24, 2.45) is 0 Å². The van der Waals surface area contributed by atoms with E-state index in [-0.39, 0.29) is 29.5 Å². The number of Topliss-reactive ketones (excluding diaryl/α,β-unsaturated/α-hetero) is 1. The summed E-state index contributed by atoms with van der Waals surface area (Å²) < 4.78 is 0. The van der Waals surface area contributed by atoms with Gasteiger partial charge in [0.15, 0.2) is 5.78 Å². The van der Waals surface area contributed by atoms with Gasteiger partial charge < -0.3 is 14.7 Å². The number of hydrogen-bond donors (Lipinski definition) is 0. The lowest BCUT2D eigenvalue weighted by atomic mass is 10.1. The molecule has 0 N–H and O–H groups in total. The normalized spacial score (nSPS) is 23.8. The number of carbonyl (C=O) groups is 4. The lowest BCUT2D eigenvalue weighted by molar-refractivity contribution is -0.134. The molecule has 7 nitrogen and oxygen atoms in total. The van der Waals surface area contributed by atoms with Crippen molar-refractivity contribution in [1.29, 1.82) is 0 Å². The Morgan fingerprint density at radius 1 is 0.767 bits per heavy atom. The van der Waals surface area contributed by atoms with E-state index in [0.29, 0.717) is 37.1 Å². The summed E-state index contributed by atoms with van der Waals surface area (Å²) in [6.45, 7) is 4.17. The van der Waals surface area contributed by atoms with E-state index in [2.05, 4.69) is 0 Å². The molecule has 0 radical (unpaired) electrons. The van der Waals surface area contributed by atoms with Gasteiger partial charge in [-0.1, -0.05) is 6.07 Å². The van der Waals surface area contributed by atoms with Crippen molar-refractivity contribution in [3.63, 3.8) is 0 Å². The zero-order valence-corrected chi connectivity index (χ0v) is 17.5.